The number of carbonyl (C=O) groups excluding carboxylic acids is 1. The van der Waals surface area contributed by atoms with E-state index in [9.17, 15) is 4.79 Å². The van der Waals surface area contributed by atoms with E-state index in [0.717, 1.165) is 30.1 Å². The Morgan fingerprint density at radius 1 is 1.43 bits per heavy atom. The molecule has 110 valence electrons. The summed E-state index contributed by atoms with van der Waals surface area (Å²) in [6.45, 7) is 1.57. The molecule has 0 fully saturated rings. The highest BCUT2D eigenvalue weighted by Crippen LogP contribution is 2.33. The molecule has 0 spiro atoms. The topological polar surface area (TPSA) is 41.6 Å². The van der Waals surface area contributed by atoms with Crippen LogP contribution in [0.2, 0.25) is 0 Å². The number of fused-ring (bicyclic) bond motifs is 1. The van der Waals surface area contributed by atoms with Gasteiger partial charge in [-0.25, -0.2) is 0 Å². The molecule has 1 amide bonds. The molecule has 0 unspecified atom stereocenters. The summed E-state index contributed by atoms with van der Waals surface area (Å²) in [4.78, 5) is 15.4. The van der Waals surface area contributed by atoms with Crippen LogP contribution in [0.3, 0.4) is 0 Å². The number of likely N-dealkylation sites (N-methyl/N-ethyl adjacent to an activating group) is 1. The Kier molecular flexibility index (Phi) is 4.10. The molecule has 21 heavy (non-hydrogen) atoms. The van der Waals surface area contributed by atoms with Crippen LogP contribution >= 0.6 is 11.3 Å². The second kappa shape index (κ2) is 6.18. The normalized spacial score (nSPS) is 13.5. The number of aryl methyl sites for hydroxylation is 1. The van der Waals surface area contributed by atoms with Gasteiger partial charge in [0.05, 0.1) is 12.2 Å². The molecule has 1 aromatic carbocycles. The summed E-state index contributed by atoms with van der Waals surface area (Å²) in [6.07, 6.45) is 1.29. The quantitative estimate of drug-likeness (QED) is 0.943. The Bertz CT molecular complexity index is 625. The second-order valence-electron chi connectivity index (χ2n) is 5.08. The third kappa shape index (κ3) is 3.36. The van der Waals surface area contributed by atoms with E-state index in [-0.39, 0.29) is 5.91 Å². The van der Waals surface area contributed by atoms with Gasteiger partial charge in [0.25, 0.3) is 0 Å². The Balaban J connectivity index is 1.62. The maximum atomic E-state index is 12.0. The van der Waals surface area contributed by atoms with Gasteiger partial charge >= 0.3 is 0 Å². The molecule has 0 aliphatic carbocycles. The molecule has 2 heterocycles. The number of anilines is 2. The number of nitrogens with one attached hydrogen (secondary N) is 1. The highest BCUT2D eigenvalue weighted by Gasteiger charge is 2.15. The summed E-state index contributed by atoms with van der Waals surface area (Å²) < 4.78 is 5.60. The van der Waals surface area contributed by atoms with Crippen molar-refractivity contribution in [3.05, 3.63) is 40.6 Å². The van der Waals surface area contributed by atoms with Crippen LogP contribution in [0.1, 0.15) is 11.3 Å². The van der Waals surface area contributed by atoms with Gasteiger partial charge in [-0.2, -0.15) is 0 Å². The molecule has 0 atom stereocenters. The first-order valence-corrected chi connectivity index (χ1v) is 7.90. The largest absolute Gasteiger partial charge is 0.490 e. The maximum Gasteiger partial charge on any atom is 0.224 e. The number of hydrogen-bond acceptors (Lipinski definition) is 4. The van der Waals surface area contributed by atoms with E-state index < -0.39 is 0 Å². The molecule has 5 heteroatoms. The number of rotatable bonds is 4. The van der Waals surface area contributed by atoms with Gasteiger partial charge < -0.3 is 15.0 Å². The molecule has 1 aliphatic rings. The SMILES string of the molecule is CN1CCOc2ccc(NC(=O)CCc3cccs3)cc21. The standard InChI is InChI=1S/C16H18N2O2S/c1-18-8-9-20-15-6-4-12(11-14(15)18)17-16(19)7-5-13-3-2-10-21-13/h2-4,6,10-11H,5,7-9H2,1H3,(H,17,19). The predicted molar refractivity (Wildman–Crippen MR) is 86.5 cm³/mol. The van der Waals surface area contributed by atoms with Gasteiger partial charge in [0.2, 0.25) is 5.91 Å². The monoisotopic (exact) mass is 302 g/mol. The van der Waals surface area contributed by atoms with Crippen molar-refractivity contribution < 1.29 is 9.53 Å². The van der Waals surface area contributed by atoms with E-state index in [2.05, 4.69) is 16.3 Å². The van der Waals surface area contributed by atoms with Gasteiger partial charge in [0.15, 0.2) is 0 Å². The molecule has 0 bridgehead atoms. The zero-order valence-corrected chi connectivity index (χ0v) is 12.8. The summed E-state index contributed by atoms with van der Waals surface area (Å²) in [6, 6.07) is 9.85. The van der Waals surface area contributed by atoms with E-state index >= 15 is 0 Å². The molecule has 1 aliphatic heterocycles. The van der Waals surface area contributed by atoms with E-state index in [1.807, 2.05) is 36.7 Å². The molecule has 4 nitrogen and oxygen atoms in total. The predicted octanol–water partition coefficient (Wildman–Crippen LogP) is 3.15. The number of ether oxygens (including phenoxy) is 1. The molecular formula is C16H18N2O2S. The average molecular weight is 302 g/mol. The number of benzene rings is 1. The molecule has 3 rings (SSSR count). The molecule has 1 aromatic heterocycles. The van der Waals surface area contributed by atoms with Gasteiger partial charge in [0.1, 0.15) is 12.4 Å². The summed E-state index contributed by atoms with van der Waals surface area (Å²) in [5, 5.41) is 4.99. The minimum Gasteiger partial charge on any atom is -0.490 e. The van der Waals surface area contributed by atoms with Crippen LogP contribution in [0.5, 0.6) is 5.75 Å². The summed E-state index contributed by atoms with van der Waals surface area (Å²) in [7, 11) is 2.03. The Labute approximate surface area is 128 Å². The van der Waals surface area contributed by atoms with Gasteiger partial charge in [-0.15, -0.1) is 11.3 Å². The Morgan fingerprint density at radius 3 is 3.14 bits per heavy atom. The Hall–Kier alpha value is -2.01. The summed E-state index contributed by atoms with van der Waals surface area (Å²) >= 11 is 1.69. The minimum atomic E-state index is 0.0442. The summed E-state index contributed by atoms with van der Waals surface area (Å²) in [5.74, 6) is 0.920. The lowest BCUT2D eigenvalue weighted by Gasteiger charge is -2.28. The molecule has 1 N–H and O–H groups in total. The van der Waals surface area contributed by atoms with E-state index in [1.54, 1.807) is 11.3 Å². The zero-order chi connectivity index (χ0) is 14.7. The number of carbonyl (C=O) groups is 1. The molecule has 2 aromatic rings. The fourth-order valence-electron chi connectivity index (χ4n) is 2.34. The van der Waals surface area contributed by atoms with Gasteiger partial charge in [-0.1, -0.05) is 6.07 Å². The number of hydrogen-bond donors (Lipinski definition) is 1. The Morgan fingerprint density at radius 2 is 2.33 bits per heavy atom. The first-order valence-electron chi connectivity index (χ1n) is 7.02. The molecule has 0 saturated carbocycles. The fraction of sp³-hybridized carbons (Fsp3) is 0.312. The lowest BCUT2D eigenvalue weighted by Crippen LogP contribution is -2.28. The van der Waals surface area contributed by atoms with Crippen LogP contribution in [0, 0.1) is 0 Å². The number of thiophene rings is 1. The van der Waals surface area contributed by atoms with Crippen molar-refractivity contribution in [2.75, 3.05) is 30.4 Å². The van der Waals surface area contributed by atoms with Gasteiger partial charge in [0, 0.05) is 24.0 Å². The van der Waals surface area contributed by atoms with Crippen molar-refractivity contribution in [3.63, 3.8) is 0 Å². The van der Waals surface area contributed by atoms with Crippen LogP contribution in [0.15, 0.2) is 35.7 Å². The van der Waals surface area contributed by atoms with Crippen LogP contribution in [-0.4, -0.2) is 26.1 Å². The molecule has 0 radical (unpaired) electrons. The average Bonchev–Trinajstić information content (AvgIpc) is 2.99. The van der Waals surface area contributed by atoms with Crippen LogP contribution in [-0.2, 0) is 11.2 Å². The second-order valence-corrected chi connectivity index (χ2v) is 6.11. The van der Waals surface area contributed by atoms with Crippen molar-refractivity contribution in [1.29, 1.82) is 0 Å². The lowest BCUT2D eigenvalue weighted by molar-refractivity contribution is -0.116. The zero-order valence-electron chi connectivity index (χ0n) is 12.0. The van der Waals surface area contributed by atoms with Crippen molar-refractivity contribution in [2.45, 2.75) is 12.8 Å². The van der Waals surface area contributed by atoms with Crippen molar-refractivity contribution in [2.24, 2.45) is 0 Å². The first-order chi connectivity index (χ1) is 10.2. The van der Waals surface area contributed by atoms with E-state index in [1.165, 1.54) is 4.88 Å². The summed E-state index contributed by atoms with van der Waals surface area (Å²) in [5.41, 5.74) is 1.85. The fourth-order valence-corrected chi connectivity index (χ4v) is 3.05. The van der Waals surface area contributed by atoms with Crippen LogP contribution < -0.4 is 15.0 Å². The highest BCUT2D eigenvalue weighted by atomic mass is 32.1. The number of nitrogens with zero attached hydrogens (tertiary/aromatic N) is 1. The van der Waals surface area contributed by atoms with Crippen molar-refractivity contribution >= 4 is 28.6 Å². The minimum absolute atomic E-state index is 0.0442. The van der Waals surface area contributed by atoms with Gasteiger partial charge in [-0.3, -0.25) is 4.79 Å². The van der Waals surface area contributed by atoms with Crippen molar-refractivity contribution in [3.8, 4) is 5.75 Å². The highest BCUT2D eigenvalue weighted by molar-refractivity contribution is 7.09. The van der Waals surface area contributed by atoms with Crippen molar-refractivity contribution in [1.82, 2.24) is 0 Å². The number of amides is 1. The molecule has 0 saturated heterocycles. The molecular weight excluding hydrogens is 284 g/mol. The van der Waals surface area contributed by atoms with E-state index in [4.69, 9.17) is 4.74 Å². The lowest BCUT2D eigenvalue weighted by atomic mass is 10.2. The van der Waals surface area contributed by atoms with E-state index in [0.29, 0.717) is 13.0 Å². The third-order valence-corrected chi connectivity index (χ3v) is 4.45. The van der Waals surface area contributed by atoms with Gasteiger partial charge in [-0.05, 0) is 36.1 Å². The van der Waals surface area contributed by atoms with Crippen LogP contribution in [0.4, 0.5) is 11.4 Å². The first kappa shape index (κ1) is 13.9. The third-order valence-electron chi connectivity index (χ3n) is 3.52. The smallest absolute Gasteiger partial charge is 0.224 e. The maximum absolute atomic E-state index is 12.0. The van der Waals surface area contributed by atoms with Crippen LogP contribution in [0.25, 0.3) is 0 Å².